The summed E-state index contributed by atoms with van der Waals surface area (Å²) in [5, 5.41) is 7.45. The van der Waals surface area contributed by atoms with Crippen LogP contribution in [0.5, 0.6) is 0 Å². The first-order valence-electron chi connectivity index (χ1n) is 13.2. The lowest BCUT2D eigenvalue weighted by molar-refractivity contribution is -0.137. The van der Waals surface area contributed by atoms with Crippen molar-refractivity contribution in [1.82, 2.24) is 4.90 Å². The first-order chi connectivity index (χ1) is 18.9. The van der Waals surface area contributed by atoms with Gasteiger partial charge in [-0.1, -0.05) is 48.0 Å². The monoisotopic (exact) mass is 537 g/mol. The first kappa shape index (κ1) is 23.0. The lowest BCUT2D eigenvalue weighted by Crippen LogP contribution is -2.62. The maximum absolute atomic E-state index is 14.7. The number of amides is 2. The minimum atomic E-state index is -1.53. The number of furan rings is 1. The molecule has 0 bridgehead atoms. The third-order valence-corrected chi connectivity index (χ3v) is 9.54. The third-order valence-electron chi connectivity index (χ3n) is 9.32. The number of nitrogens with zero attached hydrogens (tertiary/aromatic N) is 1. The Labute approximate surface area is 229 Å². The molecule has 194 valence electrons. The van der Waals surface area contributed by atoms with Crippen LogP contribution >= 0.6 is 11.6 Å². The first-order valence-corrected chi connectivity index (χ1v) is 13.6. The zero-order valence-corrected chi connectivity index (χ0v) is 21.8. The van der Waals surface area contributed by atoms with Gasteiger partial charge in [0.2, 0.25) is 11.7 Å². The normalized spacial score (nSPS) is 28.7. The molecule has 2 spiro atoms. The molecule has 0 radical (unpaired) electrons. The number of anilines is 2. The molecule has 2 N–H and O–H groups in total. The number of hydrogen-bond donors (Lipinski definition) is 2. The molecule has 8 heteroatoms. The van der Waals surface area contributed by atoms with Crippen molar-refractivity contribution in [2.75, 3.05) is 17.2 Å². The topological polar surface area (TPSA) is 91.7 Å². The molecule has 4 aromatic rings. The summed E-state index contributed by atoms with van der Waals surface area (Å²) < 4.78 is 6.08. The van der Waals surface area contributed by atoms with E-state index in [1.54, 1.807) is 12.1 Å². The summed E-state index contributed by atoms with van der Waals surface area (Å²) in [6.45, 7) is 2.47. The molecule has 0 aliphatic carbocycles. The molecule has 2 saturated heterocycles. The molecule has 4 aliphatic heterocycles. The van der Waals surface area contributed by atoms with Gasteiger partial charge in [-0.05, 0) is 67.8 Å². The van der Waals surface area contributed by atoms with Crippen molar-refractivity contribution in [3.63, 3.8) is 0 Å². The number of benzene rings is 3. The van der Waals surface area contributed by atoms with E-state index in [1.807, 2.05) is 61.5 Å². The number of Topliss-reactive ketones (excluding diaryl/α,β-unsaturated/α-hetero) is 1. The van der Waals surface area contributed by atoms with Crippen LogP contribution in [0, 0.1) is 12.8 Å². The molecule has 7 nitrogen and oxygen atoms in total. The molecular formula is C31H24ClN3O4. The lowest BCUT2D eigenvalue weighted by atomic mass is 9.57. The molecule has 2 fully saturated rings. The molecule has 4 unspecified atom stereocenters. The summed E-state index contributed by atoms with van der Waals surface area (Å²) in [6.07, 6.45) is 1.48. The highest BCUT2D eigenvalue weighted by atomic mass is 35.5. The molecule has 4 atom stereocenters. The predicted molar refractivity (Wildman–Crippen MR) is 147 cm³/mol. The second-order valence-electron chi connectivity index (χ2n) is 11.0. The molecule has 0 saturated carbocycles. The van der Waals surface area contributed by atoms with E-state index < -0.39 is 16.9 Å². The minimum Gasteiger partial charge on any atom is -0.453 e. The van der Waals surface area contributed by atoms with Crippen molar-refractivity contribution >= 4 is 51.5 Å². The van der Waals surface area contributed by atoms with Crippen LogP contribution in [-0.2, 0) is 20.5 Å². The van der Waals surface area contributed by atoms with E-state index in [4.69, 9.17) is 16.0 Å². The SMILES string of the molecule is Cc1cc(Cl)cc2c1NC(=O)C21N2CCCC2C(C(=O)c2cc3ccccc3o2)C12C(=O)Nc1ccccc12. The highest BCUT2D eigenvalue weighted by Gasteiger charge is 2.81. The Morgan fingerprint density at radius 2 is 1.79 bits per heavy atom. The quantitative estimate of drug-likeness (QED) is 0.334. The Hall–Kier alpha value is -3.94. The minimum absolute atomic E-state index is 0.197. The van der Waals surface area contributed by atoms with Crippen molar-refractivity contribution in [3.05, 3.63) is 94.2 Å². The number of carbonyl (C=O) groups is 3. The van der Waals surface area contributed by atoms with Gasteiger partial charge in [-0.15, -0.1) is 0 Å². The predicted octanol–water partition coefficient (Wildman–Crippen LogP) is 5.41. The standard InChI is InChI=1S/C31H24ClN3O4/c1-16-13-18(32)15-20-26(16)34-29(38)31(20)30(19-8-3-4-9-21(19)33-28(30)37)25(22-10-6-12-35(22)31)27(36)24-14-17-7-2-5-11-23(17)39-24/h2-5,7-9,11,13-15,22,25H,6,10,12H2,1H3,(H,33,37)(H,34,38). The van der Waals surface area contributed by atoms with Crippen LogP contribution in [0.25, 0.3) is 11.0 Å². The zero-order chi connectivity index (χ0) is 26.7. The van der Waals surface area contributed by atoms with Crippen molar-refractivity contribution in [2.24, 2.45) is 5.92 Å². The fourth-order valence-corrected chi connectivity index (χ4v) is 8.34. The van der Waals surface area contributed by atoms with E-state index in [2.05, 4.69) is 15.5 Å². The Balaban J connectivity index is 1.48. The van der Waals surface area contributed by atoms with Crippen molar-refractivity contribution in [1.29, 1.82) is 0 Å². The molecule has 1 aromatic heterocycles. The number of aryl methyl sites for hydroxylation is 1. The van der Waals surface area contributed by atoms with Gasteiger partial charge in [-0.2, -0.15) is 0 Å². The van der Waals surface area contributed by atoms with Gasteiger partial charge in [-0.25, -0.2) is 0 Å². The number of hydrogen-bond acceptors (Lipinski definition) is 5. The van der Waals surface area contributed by atoms with Gasteiger partial charge < -0.3 is 15.1 Å². The van der Waals surface area contributed by atoms with Crippen LogP contribution in [0.1, 0.15) is 40.1 Å². The van der Waals surface area contributed by atoms with Gasteiger partial charge >= 0.3 is 0 Å². The number of nitrogens with one attached hydrogen (secondary N) is 2. The van der Waals surface area contributed by atoms with Gasteiger partial charge in [-0.3, -0.25) is 19.3 Å². The summed E-state index contributed by atoms with van der Waals surface area (Å²) in [5.41, 5.74) is 1.00. The summed E-state index contributed by atoms with van der Waals surface area (Å²) in [5.74, 6) is -1.59. The van der Waals surface area contributed by atoms with E-state index in [1.165, 1.54) is 0 Å². The van der Waals surface area contributed by atoms with E-state index >= 15 is 0 Å². The average molecular weight is 538 g/mol. The summed E-state index contributed by atoms with van der Waals surface area (Å²) in [7, 11) is 0. The Morgan fingerprint density at radius 1 is 1.00 bits per heavy atom. The van der Waals surface area contributed by atoms with Crippen LogP contribution in [0.4, 0.5) is 11.4 Å². The van der Waals surface area contributed by atoms with Crippen LogP contribution < -0.4 is 10.6 Å². The fourth-order valence-electron chi connectivity index (χ4n) is 8.07. The second kappa shape index (κ2) is 7.58. The van der Waals surface area contributed by atoms with E-state index in [-0.39, 0.29) is 29.4 Å². The molecular weight excluding hydrogens is 514 g/mol. The number of halogens is 1. The van der Waals surface area contributed by atoms with Crippen LogP contribution in [0.3, 0.4) is 0 Å². The average Bonchev–Trinajstić information content (AvgIpc) is 3.71. The number of fused-ring (bicyclic) bond motifs is 8. The number of para-hydroxylation sites is 2. The van der Waals surface area contributed by atoms with Gasteiger partial charge in [0.25, 0.3) is 5.91 Å². The zero-order valence-electron chi connectivity index (χ0n) is 21.1. The van der Waals surface area contributed by atoms with Gasteiger partial charge in [0.1, 0.15) is 16.5 Å². The molecule has 4 aliphatic rings. The lowest BCUT2D eigenvalue weighted by Gasteiger charge is -2.43. The molecule has 5 heterocycles. The molecule has 8 rings (SSSR count). The van der Waals surface area contributed by atoms with Gasteiger partial charge in [0.15, 0.2) is 5.76 Å². The largest absolute Gasteiger partial charge is 0.453 e. The molecule has 2 amide bonds. The number of rotatable bonds is 2. The Morgan fingerprint density at radius 3 is 2.64 bits per heavy atom. The van der Waals surface area contributed by atoms with Gasteiger partial charge in [0.05, 0.1) is 5.92 Å². The molecule has 39 heavy (non-hydrogen) atoms. The Kier molecular flexibility index (Phi) is 4.47. The summed E-state index contributed by atoms with van der Waals surface area (Å²) >= 11 is 6.61. The maximum Gasteiger partial charge on any atom is 0.251 e. The van der Waals surface area contributed by atoms with Crippen molar-refractivity contribution in [2.45, 2.75) is 36.8 Å². The molecule has 3 aromatic carbocycles. The number of ketones is 1. The van der Waals surface area contributed by atoms with E-state index in [9.17, 15) is 14.4 Å². The highest BCUT2D eigenvalue weighted by Crippen LogP contribution is 2.68. The Bertz CT molecular complexity index is 1750. The number of carbonyl (C=O) groups excluding carboxylic acids is 3. The van der Waals surface area contributed by atoms with E-state index in [0.29, 0.717) is 46.1 Å². The third kappa shape index (κ3) is 2.55. The van der Waals surface area contributed by atoms with Gasteiger partial charge in [0, 0.05) is 33.4 Å². The van der Waals surface area contributed by atoms with Crippen molar-refractivity contribution in [3.8, 4) is 0 Å². The highest BCUT2D eigenvalue weighted by molar-refractivity contribution is 6.31. The van der Waals surface area contributed by atoms with Crippen LogP contribution in [0.2, 0.25) is 5.02 Å². The van der Waals surface area contributed by atoms with Crippen LogP contribution in [-0.4, -0.2) is 35.1 Å². The van der Waals surface area contributed by atoms with Crippen molar-refractivity contribution < 1.29 is 18.8 Å². The summed E-state index contributed by atoms with van der Waals surface area (Å²) in [4.78, 5) is 45.9. The second-order valence-corrected chi connectivity index (χ2v) is 11.4. The van der Waals surface area contributed by atoms with Crippen LogP contribution in [0.15, 0.2) is 71.1 Å². The fraction of sp³-hybridized carbons (Fsp3) is 0.258. The summed E-state index contributed by atoms with van der Waals surface area (Å²) in [6, 6.07) is 19.9. The maximum atomic E-state index is 14.7. The smallest absolute Gasteiger partial charge is 0.251 e. The van der Waals surface area contributed by atoms with E-state index in [0.717, 1.165) is 17.4 Å².